The fourth-order valence-corrected chi connectivity index (χ4v) is 2.23. The number of thioether (sulfide) groups is 1. The lowest BCUT2D eigenvalue weighted by Gasteiger charge is -2.05. The van der Waals surface area contributed by atoms with E-state index in [9.17, 15) is 9.59 Å². The minimum absolute atomic E-state index is 0.00525. The topological polar surface area (TPSA) is 55.4 Å². The Balaban J connectivity index is 2.33. The highest BCUT2D eigenvalue weighted by atomic mass is 32.2. The molecule has 0 atom stereocenters. The lowest BCUT2D eigenvalue weighted by atomic mass is 10.2. The predicted octanol–water partition coefficient (Wildman–Crippen LogP) is 2.13. The average molecular weight is 281 g/mol. The molecule has 4 nitrogen and oxygen atoms in total. The molecule has 1 aromatic carbocycles. The Bertz CT molecular complexity index is 434. The van der Waals surface area contributed by atoms with E-state index in [0.717, 1.165) is 11.3 Å². The van der Waals surface area contributed by atoms with Crippen LogP contribution in [0.4, 0.5) is 0 Å². The molecule has 0 radical (unpaired) electrons. The molecule has 1 aromatic rings. The Hall–Kier alpha value is -1.33. The van der Waals surface area contributed by atoms with E-state index >= 15 is 0 Å². The number of ether oxygens (including phenoxy) is 1. The van der Waals surface area contributed by atoms with Crippen molar-refractivity contribution in [2.45, 2.75) is 18.2 Å². The number of amides is 1. The van der Waals surface area contributed by atoms with Gasteiger partial charge in [-0.15, -0.1) is 11.8 Å². The lowest BCUT2D eigenvalue weighted by Crippen LogP contribution is -2.26. The predicted molar refractivity (Wildman–Crippen MR) is 76.7 cm³/mol. The minimum Gasteiger partial charge on any atom is -0.385 e. The maximum Gasteiger partial charge on any atom is 0.230 e. The van der Waals surface area contributed by atoms with Gasteiger partial charge in [0.2, 0.25) is 5.91 Å². The van der Waals surface area contributed by atoms with Crippen molar-refractivity contribution in [2.75, 3.05) is 26.0 Å². The summed E-state index contributed by atoms with van der Waals surface area (Å²) in [7, 11) is 1.64. The minimum atomic E-state index is -0.00525. The zero-order valence-electron chi connectivity index (χ0n) is 11.3. The number of carbonyl (C=O) groups is 2. The molecular weight excluding hydrogens is 262 g/mol. The zero-order chi connectivity index (χ0) is 14.1. The average Bonchev–Trinajstić information content (AvgIpc) is 2.41. The second-order valence-electron chi connectivity index (χ2n) is 4.07. The number of hydrogen-bond donors (Lipinski definition) is 1. The van der Waals surface area contributed by atoms with Crippen LogP contribution in [0.15, 0.2) is 29.2 Å². The van der Waals surface area contributed by atoms with E-state index in [1.165, 1.54) is 18.7 Å². The molecule has 0 fully saturated rings. The van der Waals surface area contributed by atoms with Gasteiger partial charge >= 0.3 is 0 Å². The van der Waals surface area contributed by atoms with Gasteiger partial charge in [0, 0.05) is 30.7 Å². The van der Waals surface area contributed by atoms with E-state index in [1.54, 1.807) is 13.2 Å². The van der Waals surface area contributed by atoms with Crippen LogP contribution in [-0.4, -0.2) is 37.7 Å². The molecule has 1 N–H and O–H groups in total. The van der Waals surface area contributed by atoms with Gasteiger partial charge in [-0.1, -0.05) is 12.1 Å². The van der Waals surface area contributed by atoms with Crippen molar-refractivity contribution in [3.63, 3.8) is 0 Å². The number of methoxy groups -OCH3 is 1. The van der Waals surface area contributed by atoms with Crippen molar-refractivity contribution in [1.82, 2.24) is 5.32 Å². The molecule has 0 spiro atoms. The van der Waals surface area contributed by atoms with Crippen molar-refractivity contribution in [2.24, 2.45) is 0 Å². The summed E-state index contributed by atoms with van der Waals surface area (Å²) in [6.07, 6.45) is 0.812. The maximum atomic E-state index is 11.6. The van der Waals surface area contributed by atoms with Crippen molar-refractivity contribution in [3.05, 3.63) is 29.8 Å². The van der Waals surface area contributed by atoms with E-state index in [4.69, 9.17) is 4.74 Å². The Labute approximate surface area is 117 Å². The summed E-state index contributed by atoms with van der Waals surface area (Å²) in [4.78, 5) is 23.7. The molecule has 104 valence electrons. The first-order chi connectivity index (χ1) is 9.13. The maximum absolute atomic E-state index is 11.6. The third-order valence-electron chi connectivity index (χ3n) is 2.46. The van der Waals surface area contributed by atoms with Crippen LogP contribution in [0.25, 0.3) is 0 Å². The first-order valence-corrected chi connectivity index (χ1v) is 7.11. The zero-order valence-corrected chi connectivity index (χ0v) is 12.1. The van der Waals surface area contributed by atoms with Crippen LogP contribution in [-0.2, 0) is 9.53 Å². The van der Waals surface area contributed by atoms with Crippen molar-refractivity contribution >= 4 is 23.5 Å². The quantitative estimate of drug-likeness (QED) is 0.450. The van der Waals surface area contributed by atoms with Gasteiger partial charge in [-0.25, -0.2) is 0 Å². The van der Waals surface area contributed by atoms with Crippen LogP contribution >= 0.6 is 11.8 Å². The van der Waals surface area contributed by atoms with Gasteiger partial charge in [-0.2, -0.15) is 0 Å². The molecule has 5 heteroatoms. The molecule has 1 rings (SSSR count). The Morgan fingerprint density at radius 1 is 1.37 bits per heavy atom. The van der Waals surface area contributed by atoms with E-state index in [2.05, 4.69) is 5.32 Å². The number of carbonyl (C=O) groups excluding carboxylic acids is 2. The number of nitrogens with one attached hydrogen (secondary N) is 1. The molecule has 0 aliphatic heterocycles. The van der Waals surface area contributed by atoms with Crippen LogP contribution in [0.2, 0.25) is 0 Å². The molecule has 0 bridgehead atoms. The first kappa shape index (κ1) is 15.7. The monoisotopic (exact) mass is 281 g/mol. The molecule has 0 unspecified atom stereocenters. The summed E-state index contributed by atoms with van der Waals surface area (Å²) in [6.45, 7) is 2.81. The molecule has 0 aliphatic rings. The summed E-state index contributed by atoms with van der Waals surface area (Å²) in [5.74, 6) is 0.384. The number of Topliss-reactive ketones (excluding diaryl/α,β-unsaturated/α-hetero) is 1. The molecule has 0 heterocycles. The molecule has 19 heavy (non-hydrogen) atoms. The number of ketones is 1. The van der Waals surface area contributed by atoms with Gasteiger partial charge in [0.25, 0.3) is 0 Å². The molecule has 0 aliphatic carbocycles. The molecule has 0 aromatic heterocycles. The number of rotatable bonds is 8. The number of benzene rings is 1. The summed E-state index contributed by atoms with van der Waals surface area (Å²) in [6, 6.07) is 7.31. The van der Waals surface area contributed by atoms with Crippen molar-refractivity contribution in [1.29, 1.82) is 0 Å². The van der Waals surface area contributed by atoms with Gasteiger partial charge in [0.15, 0.2) is 5.78 Å². The smallest absolute Gasteiger partial charge is 0.230 e. The number of hydrogen-bond acceptors (Lipinski definition) is 4. The fourth-order valence-electron chi connectivity index (χ4n) is 1.45. The van der Waals surface area contributed by atoms with Crippen LogP contribution in [0.5, 0.6) is 0 Å². The lowest BCUT2D eigenvalue weighted by molar-refractivity contribution is -0.118. The Morgan fingerprint density at radius 2 is 2.16 bits per heavy atom. The van der Waals surface area contributed by atoms with Crippen LogP contribution in [0, 0.1) is 0 Å². The third-order valence-corrected chi connectivity index (χ3v) is 3.45. The molecule has 0 saturated carbocycles. The third kappa shape index (κ3) is 6.40. The highest BCUT2D eigenvalue weighted by Gasteiger charge is 2.04. The first-order valence-electron chi connectivity index (χ1n) is 6.13. The van der Waals surface area contributed by atoms with E-state index < -0.39 is 0 Å². The second-order valence-corrected chi connectivity index (χ2v) is 5.12. The van der Waals surface area contributed by atoms with Crippen LogP contribution < -0.4 is 5.32 Å². The van der Waals surface area contributed by atoms with Crippen LogP contribution in [0.3, 0.4) is 0 Å². The van der Waals surface area contributed by atoms with E-state index in [0.29, 0.717) is 24.5 Å². The van der Waals surface area contributed by atoms with Crippen molar-refractivity contribution < 1.29 is 14.3 Å². The summed E-state index contributed by atoms with van der Waals surface area (Å²) in [5.41, 5.74) is 0.672. The van der Waals surface area contributed by atoms with Gasteiger partial charge in [-0.05, 0) is 25.5 Å². The standard InChI is InChI=1S/C14H19NO3S/c1-11(16)12-5-3-6-13(9-12)19-10-14(17)15-7-4-8-18-2/h3,5-6,9H,4,7-8,10H2,1-2H3,(H,15,17). The fraction of sp³-hybridized carbons (Fsp3) is 0.429. The highest BCUT2D eigenvalue weighted by Crippen LogP contribution is 2.19. The summed E-state index contributed by atoms with van der Waals surface area (Å²) in [5, 5.41) is 2.82. The van der Waals surface area contributed by atoms with Gasteiger partial charge < -0.3 is 10.1 Å². The summed E-state index contributed by atoms with van der Waals surface area (Å²) >= 11 is 1.43. The summed E-state index contributed by atoms with van der Waals surface area (Å²) < 4.78 is 4.90. The van der Waals surface area contributed by atoms with E-state index in [1.807, 2.05) is 18.2 Å². The van der Waals surface area contributed by atoms with Gasteiger partial charge in [0.05, 0.1) is 5.75 Å². The van der Waals surface area contributed by atoms with Gasteiger partial charge in [0.1, 0.15) is 0 Å². The van der Waals surface area contributed by atoms with E-state index in [-0.39, 0.29) is 11.7 Å². The van der Waals surface area contributed by atoms with Gasteiger partial charge in [-0.3, -0.25) is 9.59 Å². The molecule has 1 amide bonds. The van der Waals surface area contributed by atoms with Crippen molar-refractivity contribution in [3.8, 4) is 0 Å². The molecular formula is C14H19NO3S. The highest BCUT2D eigenvalue weighted by molar-refractivity contribution is 8.00. The Morgan fingerprint density at radius 3 is 2.84 bits per heavy atom. The largest absolute Gasteiger partial charge is 0.385 e. The SMILES string of the molecule is COCCCNC(=O)CSc1cccc(C(C)=O)c1. The molecule has 0 saturated heterocycles. The normalized spacial score (nSPS) is 10.2. The van der Waals surface area contributed by atoms with Crippen LogP contribution in [0.1, 0.15) is 23.7 Å². The second kappa shape index (κ2) is 8.72. The Kier molecular flexibility index (Phi) is 7.22.